The van der Waals surface area contributed by atoms with E-state index in [1.54, 1.807) is 17.4 Å². The highest BCUT2D eigenvalue weighted by molar-refractivity contribution is 9.13. The fourth-order valence-electron chi connectivity index (χ4n) is 2.63. The number of anilines is 1. The van der Waals surface area contributed by atoms with Crippen LogP contribution in [0.3, 0.4) is 0 Å². The molecule has 0 saturated carbocycles. The Bertz CT molecular complexity index is 625. The molecule has 1 aromatic heterocycles. The van der Waals surface area contributed by atoms with E-state index in [-0.39, 0.29) is 11.9 Å². The van der Waals surface area contributed by atoms with E-state index in [0.717, 1.165) is 26.9 Å². The lowest BCUT2D eigenvalue weighted by molar-refractivity contribution is 0.623. The van der Waals surface area contributed by atoms with E-state index >= 15 is 0 Å². The SMILES string of the molecule is NCC(c1cc(Br)c(Br)s1)N1CCc2ccc(F)cc21. The zero-order valence-electron chi connectivity index (χ0n) is 10.6. The van der Waals surface area contributed by atoms with Crippen molar-refractivity contribution in [2.24, 2.45) is 5.73 Å². The van der Waals surface area contributed by atoms with E-state index in [2.05, 4.69) is 42.8 Å². The number of benzene rings is 1. The van der Waals surface area contributed by atoms with Crippen molar-refractivity contribution < 1.29 is 4.39 Å². The van der Waals surface area contributed by atoms with E-state index in [4.69, 9.17) is 5.73 Å². The molecular formula is C14H13Br2FN2S. The van der Waals surface area contributed by atoms with Gasteiger partial charge in [0.05, 0.1) is 9.83 Å². The van der Waals surface area contributed by atoms with Crippen molar-refractivity contribution in [1.29, 1.82) is 0 Å². The maximum atomic E-state index is 13.5. The summed E-state index contributed by atoms with van der Waals surface area (Å²) in [6.45, 7) is 1.39. The van der Waals surface area contributed by atoms with Crippen LogP contribution in [0.25, 0.3) is 0 Å². The Balaban J connectivity index is 1.98. The topological polar surface area (TPSA) is 29.3 Å². The first-order valence-electron chi connectivity index (χ1n) is 6.30. The predicted molar refractivity (Wildman–Crippen MR) is 89.0 cm³/mol. The fraction of sp³-hybridized carbons (Fsp3) is 0.286. The minimum Gasteiger partial charge on any atom is -0.362 e. The zero-order chi connectivity index (χ0) is 14.3. The largest absolute Gasteiger partial charge is 0.362 e. The van der Waals surface area contributed by atoms with Gasteiger partial charge < -0.3 is 10.6 Å². The average molecular weight is 420 g/mol. The van der Waals surface area contributed by atoms with E-state index in [0.29, 0.717) is 6.54 Å². The van der Waals surface area contributed by atoms with Gasteiger partial charge in [0.25, 0.3) is 0 Å². The molecule has 1 atom stereocenters. The van der Waals surface area contributed by atoms with Gasteiger partial charge in [-0.05, 0) is 62.0 Å². The maximum Gasteiger partial charge on any atom is 0.125 e. The Morgan fingerprint density at radius 3 is 2.80 bits per heavy atom. The Labute approximate surface area is 138 Å². The van der Waals surface area contributed by atoms with Gasteiger partial charge in [-0.1, -0.05) is 6.07 Å². The number of fused-ring (bicyclic) bond motifs is 1. The molecule has 106 valence electrons. The van der Waals surface area contributed by atoms with Gasteiger partial charge in [0.2, 0.25) is 0 Å². The smallest absolute Gasteiger partial charge is 0.125 e. The monoisotopic (exact) mass is 418 g/mol. The van der Waals surface area contributed by atoms with Crippen molar-refractivity contribution in [3.8, 4) is 0 Å². The number of nitrogens with two attached hydrogens (primary N) is 1. The predicted octanol–water partition coefficient (Wildman–Crippen LogP) is 4.47. The van der Waals surface area contributed by atoms with E-state index in [9.17, 15) is 4.39 Å². The van der Waals surface area contributed by atoms with Crippen LogP contribution in [0.1, 0.15) is 16.5 Å². The number of thiophene rings is 1. The maximum absolute atomic E-state index is 13.5. The van der Waals surface area contributed by atoms with Gasteiger partial charge >= 0.3 is 0 Å². The summed E-state index contributed by atoms with van der Waals surface area (Å²) in [7, 11) is 0. The minimum atomic E-state index is -0.194. The van der Waals surface area contributed by atoms with Crippen LogP contribution in [-0.2, 0) is 6.42 Å². The molecule has 2 heterocycles. The minimum absolute atomic E-state index is 0.0886. The van der Waals surface area contributed by atoms with Gasteiger partial charge in [0.15, 0.2) is 0 Å². The molecule has 20 heavy (non-hydrogen) atoms. The number of hydrogen-bond donors (Lipinski definition) is 1. The summed E-state index contributed by atoms with van der Waals surface area (Å²) in [5.41, 5.74) is 8.15. The van der Waals surface area contributed by atoms with Crippen LogP contribution in [0, 0.1) is 5.82 Å². The van der Waals surface area contributed by atoms with Gasteiger partial charge in [-0.15, -0.1) is 11.3 Å². The zero-order valence-corrected chi connectivity index (χ0v) is 14.6. The normalized spacial score (nSPS) is 15.5. The number of rotatable bonds is 3. The molecule has 1 aliphatic rings. The van der Waals surface area contributed by atoms with Gasteiger partial charge in [-0.2, -0.15) is 0 Å². The summed E-state index contributed by atoms with van der Waals surface area (Å²) in [6.07, 6.45) is 0.944. The third-order valence-electron chi connectivity index (χ3n) is 3.57. The lowest BCUT2D eigenvalue weighted by Crippen LogP contribution is -2.31. The lowest BCUT2D eigenvalue weighted by Gasteiger charge is -2.28. The molecule has 0 saturated heterocycles. The molecule has 0 spiro atoms. The van der Waals surface area contributed by atoms with Crippen LogP contribution in [0.2, 0.25) is 0 Å². The molecule has 0 fully saturated rings. The number of nitrogens with zero attached hydrogens (tertiary/aromatic N) is 1. The molecule has 2 aromatic rings. The lowest BCUT2D eigenvalue weighted by atomic mass is 10.1. The standard InChI is InChI=1S/C14H13Br2FN2S/c15-10-6-13(20-14(10)16)12(7-18)19-4-3-8-1-2-9(17)5-11(8)19/h1-2,5-6,12H,3-4,7,18H2. The van der Waals surface area contributed by atoms with Crippen LogP contribution < -0.4 is 10.6 Å². The summed E-state index contributed by atoms with van der Waals surface area (Å²) in [5, 5.41) is 0. The number of halogens is 3. The average Bonchev–Trinajstić information content (AvgIpc) is 2.96. The third kappa shape index (κ3) is 2.54. The first-order valence-corrected chi connectivity index (χ1v) is 8.70. The fourth-order valence-corrected chi connectivity index (χ4v) is 4.84. The molecule has 0 radical (unpaired) electrons. The molecule has 2 nitrogen and oxygen atoms in total. The molecule has 2 N–H and O–H groups in total. The van der Waals surface area contributed by atoms with Crippen LogP contribution in [0.15, 0.2) is 32.5 Å². The Kier molecular flexibility index (Phi) is 4.17. The van der Waals surface area contributed by atoms with Crippen molar-refractivity contribution in [2.75, 3.05) is 18.0 Å². The van der Waals surface area contributed by atoms with Crippen LogP contribution >= 0.6 is 43.2 Å². The summed E-state index contributed by atoms with van der Waals surface area (Å²) >= 11 is 8.69. The summed E-state index contributed by atoms with van der Waals surface area (Å²) in [4.78, 5) is 3.40. The second-order valence-electron chi connectivity index (χ2n) is 4.74. The Hall–Kier alpha value is -0.430. The van der Waals surface area contributed by atoms with Crippen molar-refractivity contribution in [1.82, 2.24) is 0 Å². The third-order valence-corrected chi connectivity index (χ3v) is 6.93. The summed E-state index contributed by atoms with van der Waals surface area (Å²) < 4.78 is 15.6. The van der Waals surface area contributed by atoms with E-state index in [1.165, 1.54) is 16.5 Å². The van der Waals surface area contributed by atoms with Crippen LogP contribution in [0.5, 0.6) is 0 Å². The van der Waals surface area contributed by atoms with E-state index in [1.807, 2.05) is 6.07 Å². The molecule has 0 aliphatic carbocycles. The van der Waals surface area contributed by atoms with Gasteiger partial charge in [0, 0.05) is 28.1 Å². The highest BCUT2D eigenvalue weighted by Gasteiger charge is 2.28. The van der Waals surface area contributed by atoms with Crippen molar-refractivity contribution in [3.05, 3.63) is 48.8 Å². The van der Waals surface area contributed by atoms with Crippen LogP contribution in [-0.4, -0.2) is 13.1 Å². The highest BCUT2D eigenvalue weighted by Crippen LogP contribution is 2.41. The van der Waals surface area contributed by atoms with Crippen molar-refractivity contribution in [2.45, 2.75) is 12.5 Å². The second kappa shape index (κ2) is 5.75. The molecular weight excluding hydrogens is 407 g/mol. The van der Waals surface area contributed by atoms with Crippen molar-refractivity contribution >= 4 is 48.9 Å². The van der Waals surface area contributed by atoms with E-state index < -0.39 is 0 Å². The quantitative estimate of drug-likeness (QED) is 0.794. The molecule has 6 heteroatoms. The molecule has 1 unspecified atom stereocenters. The van der Waals surface area contributed by atoms with Crippen LogP contribution in [0.4, 0.5) is 10.1 Å². The Morgan fingerprint density at radius 2 is 2.15 bits per heavy atom. The number of hydrogen-bond acceptors (Lipinski definition) is 3. The van der Waals surface area contributed by atoms with Gasteiger partial charge in [-0.3, -0.25) is 0 Å². The van der Waals surface area contributed by atoms with Gasteiger partial charge in [0.1, 0.15) is 5.82 Å². The first kappa shape index (κ1) is 14.5. The summed E-state index contributed by atoms with van der Waals surface area (Å²) in [5.74, 6) is -0.194. The van der Waals surface area contributed by atoms with Crippen molar-refractivity contribution in [3.63, 3.8) is 0 Å². The highest BCUT2D eigenvalue weighted by atomic mass is 79.9. The molecule has 3 rings (SSSR count). The Morgan fingerprint density at radius 1 is 1.35 bits per heavy atom. The summed E-state index contributed by atoms with van der Waals surface area (Å²) in [6, 6.07) is 7.19. The molecule has 0 bridgehead atoms. The second-order valence-corrected chi connectivity index (χ2v) is 7.99. The first-order chi connectivity index (χ1) is 9.60. The molecule has 0 amide bonds. The molecule has 1 aromatic carbocycles. The molecule has 1 aliphatic heterocycles. The van der Waals surface area contributed by atoms with Gasteiger partial charge in [-0.25, -0.2) is 4.39 Å².